The molecule has 3 saturated carbocycles. The van der Waals surface area contributed by atoms with Crippen molar-refractivity contribution in [3.63, 3.8) is 0 Å². The second-order valence-corrected chi connectivity index (χ2v) is 10.1. The molecule has 3 N–H and O–H groups in total. The molecule has 0 unspecified atom stereocenters. The number of hydrogen-bond acceptors (Lipinski definition) is 5. The van der Waals surface area contributed by atoms with Crippen molar-refractivity contribution < 1.29 is 27.4 Å². The Hall–Kier alpha value is -1.93. The minimum absolute atomic E-state index is 0.00748. The average Bonchev–Trinajstić information content (AvgIpc) is 2.70. The number of carboxylic acids is 1. The van der Waals surface area contributed by atoms with E-state index in [1.165, 1.54) is 12.1 Å². The van der Waals surface area contributed by atoms with Gasteiger partial charge in [0.15, 0.2) is 9.84 Å². The van der Waals surface area contributed by atoms with Crippen LogP contribution in [0.2, 0.25) is 0 Å². The second kappa shape index (κ2) is 7.83. The van der Waals surface area contributed by atoms with Gasteiger partial charge in [-0.15, -0.1) is 0 Å². The van der Waals surface area contributed by atoms with Gasteiger partial charge in [-0.05, 0) is 68.2 Å². The number of hydrogen-bond donors (Lipinski definition) is 2. The van der Waals surface area contributed by atoms with E-state index in [9.17, 15) is 22.7 Å². The summed E-state index contributed by atoms with van der Waals surface area (Å²) in [6.07, 6.45) is 3.97. The van der Waals surface area contributed by atoms with Gasteiger partial charge in [0.05, 0.1) is 22.4 Å². The maximum atomic E-state index is 12.9. The topological polar surface area (TPSA) is 107 Å². The summed E-state index contributed by atoms with van der Waals surface area (Å²) in [7, 11) is -3.50. The molecule has 0 aromatic heterocycles. The number of halogens is 1. The van der Waals surface area contributed by atoms with Gasteiger partial charge in [0.2, 0.25) is 0 Å². The lowest BCUT2D eigenvalue weighted by molar-refractivity contribution is -0.158. The predicted molar refractivity (Wildman–Crippen MR) is 102 cm³/mol. The fourth-order valence-corrected chi connectivity index (χ4v) is 6.30. The van der Waals surface area contributed by atoms with Crippen LogP contribution in [0.5, 0.6) is 5.75 Å². The number of carboxylic acid groups (broad SMARTS) is 1. The highest BCUT2D eigenvalue weighted by Gasteiger charge is 2.53. The molecule has 154 valence electrons. The molecule has 0 aliphatic heterocycles. The predicted octanol–water partition coefficient (Wildman–Crippen LogP) is 3.08. The molecule has 0 heterocycles. The molecule has 3 fully saturated rings. The largest absolute Gasteiger partial charge is 0.489 e. The Balaban J connectivity index is 1.66. The third kappa shape index (κ3) is 4.07. The molecule has 6 nitrogen and oxygen atoms in total. The van der Waals surface area contributed by atoms with E-state index in [0.29, 0.717) is 56.2 Å². The molecule has 1 aromatic rings. The van der Waals surface area contributed by atoms with Crippen LogP contribution in [-0.4, -0.2) is 38.4 Å². The fourth-order valence-electron chi connectivity index (χ4n) is 4.34. The summed E-state index contributed by atoms with van der Waals surface area (Å²) >= 11 is 0. The molecule has 8 heteroatoms. The highest BCUT2D eigenvalue weighted by Crippen LogP contribution is 2.57. The zero-order chi connectivity index (χ0) is 20.4. The number of carbonyl (C=O) groups is 1. The number of rotatable bonds is 8. The van der Waals surface area contributed by atoms with Crippen LogP contribution >= 0.6 is 0 Å². The van der Waals surface area contributed by atoms with Crippen LogP contribution < -0.4 is 10.5 Å². The van der Waals surface area contributed by atoms with E-state index in [4.69, 9.17) is 10.5 Å². The van der Waals surface area contributed by atoms with Crippen molar-refractivity contribution in [1.82, 2.24) is 0 Å². The van der Waals surface area contributed by atoms with Gasteiger partial charge in [0.25, 0.3) is 0 Å². The zero-order valence-corrected chi connectivity index (χ0v) is 16.5. The quantitative estimate of drug-likeness (QED) is 0.681. The van der Waals surface area contributed by atoms with Crippen LogP contribution in [0.4, 0.5) is 4.39 Å². The molecule has 0 radical (unpaired) electrons. The first-order chi connectivity index (χ1) is 13.2. The summed E-state index contributed by atoms with van der Waals surface area (Å²) in [5, 5.41) is 9.48. The molecule has 1 aromatic carbocycles. The van der Waals surface area contributed by atoms with Crippen LogP contribution in [0.3, 0.4) is 0 Å². The number of fused-ring (bicyclic) bond motifs is 3. The first-order valence-corrected chi connectivity index (χ1v) is 11.1. The first-order valence-electron chi connectivity index (χ1n) is 9.42. The Morgan fingerprint density at radius 2 is 1.71 bits per heavy atom. The second-order valence-electron chi connectivity index (χ2n) is 8.08. The monoisotopic (exact) mass is 411 g/mol. The summed E-state index contributed by atoms with van der Waals surface area (Å²) in [6, 6.07) is 6.09. The van der Waals surface area contributed by atoms with Gasteiger partial charge in [0, 0.05) is 12.1 Å². The molecule has 0 atom stereocenters. The minimum atomic E-state index is -3.50. The smallest absolute Gasteiger partial charge is 0.309 e. The third-order valence-corrected chi connectivity index (χ3v) is 8.36. The Morgan fingerprint density at radius 1 is 1.14 bits per heavy atom. The molecule has 0 amide bonds. The summed E-state index contributed by atoms with van der Waals surface area (Å²) in [5.41, 5.74) is 4.70. The average molecular weight is 411 g/mol. The van der Waals surface area contributed by atoms with Gasteiger partial charge in [-0.1, -0.05) is 0 Å². The van der Waals surface area contributed by atoms with E-state index >= 15 is 0 Å². The van der Waals surface area contributed by atoms with Gasteiger partial charge in [-0.3, -0.25) is 4.79 Å². The highest BCUT2D eigenvalue weighted by atomic mass is 32.2. The molecule has 2 bridgehead atoms. The van der Waals surface area contributed by atoms with Crippen LogP contribution in [-0.2, 0) is 14.6 Å². The SMILES string of the molecule is NC/C(=C\F)COc1ccc(S(=O)(=O)CC23CCC(C(=O)O)(CC2)CC3)cc1. The van der Waals surface area contributed by atoms with Crippen molar-refractivity contribution >= 4 is 15.8 Å². The molecule has 4 rings (SSSR count). The van der Waals surface area contributed by atoms with Crippen molar-refractivity contribution in [3.8, 4) is 5.75 Å². The van der Waals surface area contributed by atoms with Crippen LogP contribution in [0.25, 0.3) is 0 Å². The Morgan fingerprint density at radius 3 is 2.18 bits per heavy atom. The van der Waals surface area contributed by atoms with Crippen LogP contribution in [0.15, 0.2) is 41.1 Å². The summed E-state index contributed by atoms with van der Waals surface area (Å²) < 4.78 is 43.8. The lowest BCUT2D eigenvalue weighted by Gasteiger charge is -2.51. The van der Waals surface area contributed by atoms with Crippen molar-refractivity contribution in [1.29, 1.82) is 0 Å². The summed E-state index contributed by atoms with van der Waals surface area (Å²) in [6.45, 7) is 0.0573. The summed E-state index contributed by atoms with van der Waals surface area (Å²) in [4.78, 5) is 11.8. The lowest BCUT2D eigenvalue weighted by atomic mass is 9.54. The van der Waals surface area contributed by atoms with Crippen molar-refractivity contribution in [2.75, 3.05) is 18.9 Å². The van der Waals surface area contributed by atoms with Gasteiger partial charge in [0.1, 0.15) is 12.4 Å². The number of benzene rings is 1. The molecular weight excluding hydrogens is 385 g/mol. The Labute approximate surface area is 164 Å². The standard InChI is InChI=1S/C20H26FNO5S/c21-11-15(12-22)13-27-16-1-3-17(4-2-16)28(25,26)14-19-5-8-20(9-6-19,10-7-19)18(23)24/h1-4,11H,5-10,12-14,22H2,(H,23,24)/b15-11+. The molecule has 3 aliphatic rings. The van der Waals surface area contributed by atoms with Crippen molar-refractivity contribution in [2.45, 2.75) is 43.4 Å². The lowest BCUT2D eigenvalue weighted by Crippen LogP contribution is -2.48. The maximum absolute atomic E-state index is 12.9. The number of ether oxygens (including phenoxy) is 1. The van der Waals surface area contributed by atoms with Crippen LogP contribution in [0, 0.1) is 10.8 Å². The molecule has 0 spiro atoms. The molecule has 0 saturated heterocycles. The highest BCUT2D eigenvalue weighted by molar-refractivity contribution is 7.91. The Bertz CT molecular complexity index is 839. The third-order valence-electron chi connectivity index (χ3n) is 6.38. The van der Waals surface area contributed by atoms with E-state index in [-0.39, 0.29) is 29.2 Å². The van der Waals surface area contributed by atoms with Gasteiger partial charge in [-0.2, -0.15) is 0 Å². The minimum Gasteiger partial charge on any atom is -0.489 e. The van der Waals surface area contributed by atoms with E-state index in [2.05, 4.69) is 0 Å². The number of sulfone groups is 1. The molecular formula is C20H26FNO5S. The van der Waals surface area contributed by atoms with E-state index in [1.807, 2.05) is 0 Å². The summed E-state index contributed by atoms with van der Waals surface area (Å²) in [5.74, 6) is -0.274. The van der Waals surface area contributed by atoms with Gasteiger partial charge in [-0.25, -0.2) is 12.8 Å². The van der Waals surface area contributed by atoms with Crippen molar-refractivity contribution in [3.05, 3.63) is 36.2 Å². The number of aliphatic carboxylic acids is 1. The first kappa shape index (κ1) is 20.8. The Kier molecular flexibility index (Phi) is 5.82. The molecule has 3 aliphatic carbocycles. The van der Waals surface area contributed by atoms with Crippen LogP contribution in [0.1, 0.15) is 38.5 Å². The normalized spacial score (nSPS) is 27.6. The fraction of sp³-hybridized carbons (Fsp3) is 0.550. The van der Waals surface area contributed by atoms with Crippen molar-refractivity contribution in [2.24, 2.45) is 16.6 Å². The van der Waals surface area contributed by atoms with E-state index < -0.39 is 21.2 Å². The zero-order valence-electron chi connectivity index (χ0n) is 15.7. The maximum Gasteiger partial charge on any atom is 0.309 e. The number of nitrogens with two attached hydrogens (primary N) is 1. The van der Waals surface area contributed by atoms with Gasteiger partial charge >= 0.3 is 5.97 Å². The van der Waals surface area contributed by atoms with Gasteiger partial charge < -0.3 is 15.6 Å². The van der Waals surface area contributed by atoms with E-state index in [1.54, 1.807) is 12.1 Å². The molecule has 28 heavy (non-hydrogen) atoms. The van der Waals surface area contributed by atoms with E-state index in [0.717, 1.165) is 0 Å².